The van der Waals surface area contributed by atoms with Crippen molar-refractivity contribution in [2.75, 3.05) is 18.1 Å². The molecule has 0 unspecified atom stereocenters. The Labute approximate surface area is 134 Å². The lowest BCUT2D eigenvalue weighted by molar-refractivity contribution is -0.384. The van der Waals surface area contributed by atoms with Crippen LogP contribution in [0.5, 0.6) is 0 Å². The molecule has 2 amide bonds. The van der Waals surface area contributed by atoms with E-state index in [1.165, 1.54) is 25.2 Å². The first kappa shape index (κ1) is 15.2. The zero-order valence-electron chi connectivity index (χ0n) is 12.3. The van der Waals surface area contributed by atoms with Crippen LogP contribution in [0.15, 0.2) is 29.1 Å². The number of fused-ring (bicyclic) bond motifs is 1. The Morgan fingerprint density at radius 2 is 1.92 bits per heavy atom. The number of anilines is 2. The topological polar surface area (TPSA) is 149 Å². The number of benzene rings is 1. The molecule has 0 spiro atoms. The fourth-order valence-corrected chi connectivity index (χ4v) is 2.56. The van der Waals surface area contributed by atoms with Crippen LogP contribution in [0.3, 0.4) is 0 Å². The predicted molar refractivity (Wildman–Crippen MR) is 84.4 cm³/mol. The summed E-state index contributed by atoms with van der Waals surface area (Å²) in [6, 6.07) is 4.79. The van der Waals surface area contributed by atoms with Crippen molar-refractivity contribution in [2.24, 2.45) is 0 Å². The van der Waals surface area contributed by atoms with Gasteiger partial charge in [0.2, 0.25) is 0 Å². The maximum Gasteiger partial charge on any atom is 0.271 e. The van der Waals surface area contributed by atoms with Crippen molar-refractivity contribution in [3.05, 3.63) is 55.9 Å². The maximum absolute atomic E-state index is 12.4. The number of nitro groups is 1. The Hall–Kier alpha value is -3.69. The van der Waals surface area contributed by atoms with Crippen molar-refractivity contribution in [3.63, 3.8) is 0 Å². The third-order valence-electron chi connectivity index (χ3n) is 3.65. The Morgan fingerprint density at radius 3 is 2.54 bits per heavy atom. The Bertz CT molecular complexity index is 978. The number of nitrogens with one attached hydrogen (secondary N) is 2. The molecule has 0 radical (unpaired) electrons. The molecule has 0 fully saturated rings. The van der Waals surface area contributed by atoms with Gasteiger partial charge in [-0.05, 0) is 6.07 Å². The van der Waals surface area contributed by atoms with Gasteiger partial charge in [0, 0.05) is 25.2 Å². The monoisotopic (exact) mass is 329 g/mol. The standard InChI is InChI=1S/C14H11N5O5/c1-16-8-4-6(19(23)24)2-3-9(8)18-10(20)5-7-11(12(18)15)14(22)17-13(7)21/h2-5,16H,15H2,1H3,(H,17,21,22). The molecular weight excluding hydrogens is 318 g/mol. The van der Waals surface area contributed by atoms with Crippen LogP contribution in [0.2, 0.25) is 0 Å². The molecular formula is C14H11N5O5. The molecule has 0 atom stereocenters. The smallest absolute Gasteiger partial charge is 0.271 e. The van der Waals surface area contributed by atoms with Gasteiger partial charge in [-0.1, -0.05) is 0 Å². The van der Waals surface area contributed by atoms with E-state index in [9.17, 15) is 24.5 Å². The fourth-order valence-electron chi connectivity index (χ4n) is 2.56. The number of hydrogen-bond acceptors (Lipinski definition) is 7. The third-order valence-corrected chi connectivity index (χ3v) is 3.65. The fraction of sp³-hybridized carbons (Fsp3) is 0.0714. The number of nitro benzene ring substituents is 1. The van der Waals surface area contributed by atoms with Crippen LogP contribution in [-0.2, 0) is 0 Å². The summed E-state index contributed by atoms with van der Waals surface area (Å²) in [5.74, 6) is -1.61. The van der Waals surface area contributed by atoms with Crippen molar-refractivity contribution in [1.82, 2.24) is 9.88 Å². The van der Waals surface area contributed by atoms with Gasteiger partial charge in [-0.3, -0.25) is 34.4 Å². The second kappa shape index (κ2) is 5.19. The molecule has 2 heterocycles. The van der Waals surface area contributed by atoms with Gasteiger partial charge in [0.15, 0.2) is 0 Å². The highest BCUT2D eigenvalue weighted by atomic mass is 16.6. The number of nitrogens with zero attached hydrogens (tertiary/aromatic N) is 2. The first-order valence-corrected chi connectivity index (χ1v) is 6.73. The number of carbonyl (C=O) groups excluding carboxylic acids is 2. The van der Waals surface area contributed by atoms with Gasteiger partial charge in [0.05, 0.1) is 27.4 Å². The third kappa shape index (κ3) is 2.08. The molecule has 2 aromatic rings. The predicted octanol–water partition coefficient (Wildman–Crippen LogP) is 0.253. The molecule has 3 rings (SSSR count). The molecule has 10 heteroatoms. The molecule has 4 N–H and O–H groups in total. The summed E-state index contributed by atoms with van der Waals surface area (Å²) in [5.41, 5.74) is 5.42. The van der Waals surface area contributed by atoms with Crippen molar-refractivity contribution in [1.29, 1.82) is 0 Å². The van der Waals surface area contributed by atoms with Crippen LogP contribution in [0.25, 0.3) is 5.69 Å². The minimum Gasteiger partial charge on any atom is -0.386 e. The van der Waals surface area contributed by atoms with Gasteiger partial charge in [-0.15, -0.1) is 0 Å². The van der Waals surface area contributed by atoms with E-state index in [1.54, 1.807) is 0 Å². The SMILES string of the molecule is CNc1cc([N+](=O)[O-])ccc1-n1c(N)c2c(cc1=O)C(=O)NC2=O. The molecule has 1 aliphatic heterocycles. The lowest BCUT2D eigenvalue weighted by Crippen LogP contribution is -2.24. The van der Waals surface area contributed by atoms with E-state index in [-0.39, 0.29) is 34.0 Å². The van der Waals surface area contributed by atoms with Crippen LogP contribution >= 0.6 is 0 Å². The van der Waals surface area contributed by atoms with Crippen LogP contribution < -0.4 is 21.9 Å². The van der Waals surface area contributed by atoms with E-state index in [0.717, 1.165) is 10.6 Å². The molecule has 1 aliphatic rings. The lowest BCUT2D eigenvalue weighted by atomic mass is 10.1. The average molecular weight is 329 g/mol. The Kier molecular flexibility index (Phi) is 3.29. The summed E-state index contributed by atoms with van der Waals surface area (Å²) in [6.45, 7) is 0. The van der Waals surface area contributed by atoms with E-state index in [0.29, 0.717) is 0 Å². The number of rotatable bonds is 3. The largest absolute Gasteiger partial charge is 0.386 e. The number of non-ortho nitro benzene ring substituents is 1. The molecule has 1 aromatic heterocycles. The molecule has 1 aromatic carbocycles. The van der Waals surface area contributed by atoms with E-state index >= 15 is 0 Å². The van der Waals surface area contributed by atoms with E-state index < -0.39 is 22.3 Å². The van der Waals surface area contributed by atoms with Crippen molar-refractivity contribution in [3.8, 4) is 5.69 Å². The average Bonchev–Trinajstić information content (AvgIpc) is 2.81. The van der Waals surface area contributed by atoms with Gasteiger partial charge in [0.25, 0.3) is 23.1 Å². The molecule has 24 heavy (non-hydrogen) atoms. The second-order valence-corrected chi connectivity index (χ2v) is 4.98. The van der Waals surface area contributed by atoms with E-state index in [1.807, 2.05) is 0 Å². The van der Waals surface area contributed by atoms with Crippen molar-refractivity contribution >= 4 is 29.0 Å². The van der Waals surface area contributed by atoms with Gasteiger partial charge >= 0.3 is 0 Å². The normalized spacial score (nSPS) is 12.7. The maximum atomic E-state index is 12.4. The summed E-state index contributed by atoms with van der Waals surface area (Å²) in [5, 5.41) is 15.7. The van der Waals surface area contributed by atoms with Crippen LogP contribution in [-0.4, -0.2) is 28.4 Å². The van der Waals surface area contributed by atoms with Gasteiger partial charge < -0.3 is 11.1 Å². The summed E-state index contributed by atoms with van der Waals surface area (Å²) >= 11 is 0. The highest BCUT2D eigenvalue weighted by Crippen LogP contribution is 2.29. The number of amides is 2. The minimum absolute atomic E-state index is 0.0910. The van der Waals surface area contributed by atoms with Gasteiger partial charge in [0.1, 0.15) is 5.82 Å². The highest BCUT2D eigenvalue weighted by Gasteiger charge is 2.32. The molecule has 0 bridgehead atoms. The number of aromatic nitrogens is 1. The molecule has 10 nitrogen and oxygen atoms in total. The minimum atomic E-state index is -0.700. The van der Waals surface area contributed by atoms with Crippen molar-refractivity contribution < 1.29 is 14.5 Å². The Morgan fingerprint density at radius 1 is 1.21 bits per heavy atom. The van der Waals surface area contributed by atoms with Crippen molar-refractivity contribution in [2.45, 2.75) is 0 Å². The highest BCUT2D eigenvalue weighted by molar-refractivity contribution is 6.23. The van der Waals surface area contributed by atoms with E-state index in [4.69, 9.17) is 5.73 Å². The van der Waals surface area contributed by atoms with Gasteiger partial charge in [-0.2, -0.15) is 0 Å². The molecule has 0 saturated carbocycles. The van der Waals surface area contributed by atoms with Gasteiger partial charge in [-0.25, -0.2) is 0 Å². The number of imide groups is 1. The summed E-state index contributed by atoms with van der Waals surface area (Å²) in [4.78, 5) is 46.2. The number of nitrogen functional groups attached to an aromatic ring is 1. The molecule has 0 aliphatic carbocycles. The number of pyridine rings is 1. The van der Waals surface area contributed by atoms with Crippen LogP contribution in [0.4, 0.5) is 17.2 Å². The molecule has 0 saturated heterocycles. The zero-order chi connectivity index (χ0) is 17.6. The number of carbonyl (C=O) groups is 2. The number of nitrogens with two attached hydrogens (primary N) is 1. The molecule has 122 valence electrons. The summed E-state index contributed by atoms with van der Waals surface area (Å²) < 4.78 is 1.02. The van der Waals surface area contributed by atoms with E-state index in [2.05, 4.69) is 10.6 Å². The summed E-state index contributed by atoms with van der Waals surface area (Å²) in [7, 11) is 1.52. The Balaban J connectivity index is 2.31. The summed E-state index contributed by atoms with van der Waals surface area (Å²) in [6.07, 6.45) is 0. The van der Waals surface area contributed by atoms with Crippen LogP contribution in [0.1, 0.15) is 20.7 Å². The quantitative estimate of drug-likeness (QED) is 0.415. The van der Waals surface area contributed by atoms with Crippen LogP contribution in [0, 0.1) is 10.1 Å². The first-order chi connectivity index (χ1) is 11.3. The lowest BCUT2D eigenvalue weighted by Gasteiger charge is -2.15. The second-order valence-electron chi connectivity index (χ2n) is 4.98. The number of hydrogen-bond donors (Lipinski definition) is 3. The first-order valence-electron chi connectivity index (χ1n) is 6.73. The zero-order valence-corrected chi connectivity index (χ0v) is 12.3.